The van der Waals surface area contributed by atoms with Gasteiger partial charge in [-0.2, -0.15) is 0 Å². The Bertz CT molecular complexity index is 780. The molecule has 3 N–H and O–H groups in total. The Morgan fingerprint density at radius 1 is 1.31 bits per heavy atom. The quantitative estimate of drug-likeness (QED) is 0.192. The normalized spacial score (nSPS) is 17.2. The molecule has 0 radical (unpaired) electrons. The SMILES string of the molecule is CCNC(=NCCCNS(=O)(=O)CC)NC1CCN(c2ccc(F)cc2F)C1.I. The Labute approximate surface area is 188 Å². The number of hydrogen-bond donors (Lipinski definition) is 3. The lowest BCUT2D eigenvalue weighted by Gasteiger charge is -2.21. The number of hydrogen-bond acceptors (Lipinski definition) is 4. The third kappa shape index (κ3) is 8.59. The molecule has 1 heterocycles. The van der Waals surface area contributed by atoms with Crippen molar-refractivity contribution in [3.63, 3.8) is 0 Å². The molecule has 0 saturated carbocycles. The summed E-state index contributed by atoms with van der Waals surface area (Å²) in [6.07, 6.45) is 1.39. The van der Waals surface area contributed by atoms with Gasteiger partial charge in [-0.15, -0.1) is 24.0 Å². The second kappa shape index (κ2) is 12.5. The molecule has 1 aromatic rings. The fourth-order valence-electron chi connectivity index (χ4n) is 2.95. The van der Waals surface area contributed by atoms with Crippen LogP contribution in [0.5, 0.6) is 0 Å². The van der Waals surface area contributed by atoms with E-state index in [1.807, 2.05) is 11.8 Å². The molecule has 7 nitrogen and oxygen atoms in total. The first-order valence-electron chi connectivity index (χ1n) is 9.56. The number of nitrogens with zero attached hydrogens (tertiary/aromatic N) is 2. The molecule has 166 valence electrons. The van der Waals surface area contributed by atoms with Gasteiger partial charge in [0.05, 0.1) is 11.4 Å². The van der Waals surface area contributed by atoms with Crippen LogP contribution in [0.2, 0.25) is 0 Å². The molecule has 0 amide bonds. The van der Waals surface area contributed by atoms with Crippen molar-refractivity contribution in [1.82, 2.24) is 15.4 Å². The number of sulfonamides is 1. The zero-order valence-electron chi connectivity index (χ0n) is 16.7. The molecular weight excluding hydrogens is 515 g/mol. The summed E-state index contributed by atoms with van der Waals surface area (Å²) >= 11 is 0. The average Bonchev–Trinajstić information content (AvgIpc) is 3.09. The van der Waals surface area contributed by atoms with Crippen molar-refractivity contribution in [1.29, 1.82) is 0 Å². The highest BCUT2D eigenvalue weighted by molar-refractivity contribution is 14.0. The zero-order valence-corrected chi connectivity index (χ0v) is 19.9. The van der Waals surface area contributed by atoms with E-state index in [1.165, 1.54) is 12.1 Å². The summed E-state index contributed by atoms with van der Waals surface area (Å²) in [6.45, 7) is 6.32. The average molecular weight is 545 g/mol. The van der Waals surface area contributed by atoms with E-state index < -0.39 is 21.7 Å². The monoisotopic (exact) mass is 545 g/mol. The maximum atomic E-state index is 14.0. The third-order valence-corrected chi connectivity index (χ3v) is 5.83. The predicted octanol–water partition coefficient (Wildman–Crippen LogP) is 2.05. The summed E-state index contributed by atoms with van der Waals surface area (Å²) in [6, 6.07) is 3.70. The van der Waals surface area contributed by atoms with Gasteiger partial charge in [0.1, 0.15) is 11.6 Å². The molecule has 0 bridgehead atoms. The summed E-state index contributed by atoms with van der Waals surface area (Å²) in [5.41, 5.74) is 0.399. The van der Waals surface area contributed by atoms with E-state index in [4.69, 9.17) is 0 Å². The molecule has 1 unspecified atom stereocenters. The van der Waals surface area contributed by atoms with Gasteiger partial charge in [0.2, 0.25) is 10.0 Å². The van der Waals surface area contributed by atoms with Crippen molar-refractivity contribution in [3.8, 4) is 0 Å². The molecule has 29 heavy (non-hydrogen) atoms. The Morgan fingerprint density at radius 3 is 2.72 bits per heavy atom. The molecule has 1 atom stereocenters. The van der Waals surface area contributed by atoms with Crippen molar-refractivity contribution in [3.05, 3.63) is 29.8 Å². The van der Waals surface area contributed by atoms with Crippen molar-refractivity contribution >= 4 is 45.6 Å². The van der Waals surface area contributed by atoms with E-state index in [-0.39, 0.29) is 35.8 Å². The number of halogens is 3. The van der Waals surface area contributed by atoms with Gasteiger partial charge < -0.3 is 15.5 Å². The van der Waals surface area contributed by atoms with Gasteiger partial charge in [0.25, 0.3) is 0 Å². The minimum atomic E-state index is -3.18. The number of rotatable bonds is 9. The standard InChI is InChI=1S/C18H29F2N5O2S.HI/c1-3-21-18(22-9-5-10-23-28(26,27)4-2)24-15-8-11-25(13-15)17-7-6-14(19)12-16(17)20;/h6-7,12,15,23H,3-5,8-11,13H2,1-2H3,(H2,21,22,24);1H. The van der Waals surface area contributed by atoms with Gasteiger partial charge >= 0.3 is 0 Å². The van der Waals surface area contributed by atoms with Crippen molar-refractivity contribution in [2.75, 3.05) is 43.4 Å². The van der Waals surface area contributed by atoms with Crippen LogP contribution in [0.15, 0.2) is 23.2 Å². The Hall–Kier alpha value is -1.21. The molecule has 0 aromatic heterocycles. The van der Waals surface area contributed by atoms with E-state index in [9.17, 15) is 17.2 Å². The van der Waals surface area contributed by atoms with E-state index in [0.717, 1.165) is 12.5 Å². The largest absolute Gasteiger partial charge is 0.367 e. The Kier molecular flexibility index (Phi) is 11.1. The van der Waals surface area contributed by atoms with E-state index in [0.29, 0.717) is 50.8 Å². The topological polar surface area (TPSA) is 85.8 Å². The molecule has 11 heteroatoms. The smallest absolute Gasteiger partial charge is 0.211 e. The third-order valence-electron chi connectivity index (χ3n) is 4.43. The van der Waals surface area contributed by atoms with Crippen LogP contribution < -0.4 is 20.3 Å². The minimum Gasteiger partial charge on any atom is -0.367 e. The zero-order chi connectivity index (χ0) is 20.6. The van der Waals surface area contributed by atoms with Crippen molar-refractivity contribution in [2.45, 2.75) is 32.7 Å². The number of anilines is 1. The maximum Gasteiger partial charge on any atom is 0.211 e. The molecule has 1 aromatic carbocycles. The van der Waals surface area contributed by atoms with Crippen LogP contribution in [0.25, 0.3) is 0 Å². The fourth-order valence-corrected chi connectivity index (χ4v) is 3.61. The molecule has 1 saturated heterocycles. The van der Waals surface area contributed by atoms with Crippen LogP contribution in [0.4, 0.5) is 14.5 Å². The minimum absolute atomic E-state index is 0. The Balaban J connectivity index is 0.00000420. The van der Waals surface area contributed by atoms with Gasteiger partial charge in [-0.25, -0.2) is 21.9 Å². The van der Waals surface area contributed by atoms with Crippen LogP contribution >= 0.6 is 24.0 Å². The van der Waals surface area contributed by atoms with E-state index in [2.05, 4.69) is 20.3 Å². The lowest BCUT2D eigenvalue weighted by Crippen LogP contribution is -2.44. The number of nitrogens with one attached hydrogen (secondary N) is 3. The van der Waals surface area contributed by atoms with Gasteiger partial charge in [-0.3, -0.25) is 4.99 Å². The maximum absolute atomic E-state index is 14.0. The molecule has 1 aliphatic heterocycles. The lowest BCUT2D eigenvalue weighted by molar-refractivity contribution is 0.580. The molecule has 0 aliphatic carbocycles. The predicted molar refractivity (Wildman–Crippen MR) is 124 cm³/mol. The first kappa shape index (κ1) is 25.8. The summed E-state index contributed by atoms with van der Waals surface area (Å²) in [4.78, 5) is 6.35. The van der Waals surface area contributed by atoms with Crippen LogP contribution in [0, 0.1) is 11.6 Å². The van der Waals surface area contributed by atoms with Gasteiger partial charge in [0.15, 0.2) is 5.96 Å². The van der Waals surface area contributed by atoms with Gasteiger partial charge in [-0.1, -0.05) is 0 Å². The molecule has 2 rings (SSSR count). The molecule has 1 aliphatic rings. The van der Waals surface area contributed by atoms with Crippen molar-refractivity contribution < 1.29 is 17.2 Å². The highest BCUT2D eigenvalue weighted by Crippen LogP contribution is 2.24. The summed E-state index contributed by atoms with van der Waals surface area (Å²) in [7, 11) is -3.18. The molecule has 0 spiro atoms. The van der Waals surface area contributed by atoms with E-state index in [1.54, 1.807) is 6.92 Å². The summed E-state index contributed by atoms with van der Waals surface area (Å²) in [5, 5.41) is 6.49. The Morgan fingerprint density at radius 2 is 2.07 bits per heavy atom. The number of aliphatic imine (C=N–C) groups is 1. The molecular formula is C18H30F2IN5O2S. The summed E-state index contributed by atoms with van der Waals surface area (Å²) < 4.78 is 52.4. The van der Waals surface area contributed by atoms with E-state index >= 15 is 0 Å². The first-order valence-corrected chi connectivity index (χ1v) is 11.2. The molecule has 1 fully saturated rings. The second-order valence-electron chi connectivity index (χ2n) is 6.58. The van der Waals surface area contributed by atoms with Gasteiger partial charge in [0, 0.05) is 44.8 Å². The highest BCUT2D eigenvalue weighted by Gasteiger charge is 2.25. The van der Waals surface area contributed by atoms with Crippen molar-refractivity contribution in [2.24, 2.45) is 4.99 Å². The number of guanidine groups is 1. The first-order chi connectivity index (χ1) is 13.3. The highest BCUT2D eigenvalue weighted by atomic mass is 127. The van der Waals surface area contributed by atoms with Gasteiger partial charge in [-0.05, 0) is 38.8 Å². The van der Waals surface area contributed by atoms with Crippen LogP contribution in [0.1, 0.15) is 26.7 Å². The summed E-state index contributed by atoms with van der Waals surface area (Å²) in [5.74, 6) is -0.436. The van der Waals surface area contributed by atoms with Crippen LogP contribution in [-0.4, -0.2) is 58.9 Å². The fraction of sp³-hybridized carbons (Fsp3) is 0.611. The van der Waals surface area contributed by atoms with Crippen LogP contribution in [0.3, 0.4) is 0 Å². The number of benzene rings is 1. The second-order valence-corrected chi connectivity index (χ2v) is 8.68. The van der Waals surface area contributed by atoms with Crippen LogP contribution in [-0.2, 0) is 10.0 Å². The lowest BCUT2D eigenvalue weighted by atomic mass is 10.2.